The molecule has 4 aliphatic heterocycles. The summed E-state index contributed by atoms with van der Waals surface area (Å²) in [6.07, 6.45) is 3.88. The Hall–Kier alpha value is -14.1. The highest BCUT2D eigenvalue weighted by atomic mass is 32.2. The number of phenolic OH excluding ortho intramolecular Hbond substituents is 1. The fourth-order valence-electron chi connectivity index (χ4n) is 17.5. The van der Waals surface area contributed by atoms with Crippen molar-refractivity contribution in [2.45, 2.75) is 246 Å². The smallest absolute Gasteiger partial charge is 0.323 e. The van der Waals surface area contributed by atoms with E-state index in [1.54, 1.807) is 60.9 Å². The van der Waals surface area contributed by atoms with Gasteiger partial charge >= 0.3 is 5.97 Å². The van der Waals surface area contributed by atoms with Crippen molar-refractivity contribution in [2.24, 2.45) is 27.9 Å². The van der Waals surface area contributed by atoms with Crippen molar-refractivity contribution in [3.8, 4) is 5.75 Å². The molecular formula is C94H132N24O22S. The van der Waals surface area contributed by atoms with Gasteiger partial charge in [0.05, 0.1) is 31.4 Å². The van der Waals surface area contributed by atoms with E-state index in [-0.39, 0.29) is 115 Å². The number of carbonyl (C=O) groups is 18. The number of carboxylic acid groups (broad SMARTS) is 1. The Morgan fingerprint density at radius 2 is 1.15 bits per heavy atom. The molecule has 2 aromatic heterocycles. The van der Waals surface area contributed by atoms with Crippen LogP contribution in [-0.2, 0) is 112 Å². The number of benzene rings is 3. The molecule has 0 aliphatic carbocycles. The molecule has 15 atom stereocenters. The lowest BCUT2D eigenvalue weighted by molar-refractivity contribution is -0.149. The fourth-order valence-corrected chi connectivity index (χ4v) is 18.3. The minimum Gasteiger partial charge on any atom is -0.508 e. The van der Waals surface area contributed by atoms with Gasteiger partial charge in [-0.3, -0.25) is 96.7 Å². The fraction of sp³-hybridized carbons (Fsp3) is 0.532. The molecule has 0 spiro atoms. The molecule has 17 amide bonds. The Morgan fingerprint density at radius 3 is 1.80 bits per heavy atom. The topological polar surface area (TPSA) is 698 Å². The molecule has 5 aromatic rings. The van der Waals surface area contributed by atoms with Crippen molar-refractivity contribution in [1.29, 1.82) is 5.41 Å². The van der Waals surface area contributed by atoms with E-state index in [0.717, 1.165) is 36.3 Å². The molecule has 0 unspecified atom stereocenters. The van der Waals surface area contributed by atoms with Gasteiger partial charge in [-0.1, -0.05) is 88.1 Å². The number of rotatable bonds is 30. The van der Waals surface area contributed by atoms with E-state index in [2.05, 4.69) is 68.5 Å². The van der Waals surface area contributed by atoms with Crippen LogP contribution < -0.4 is 81.4 Å². The van der Waals surface area contributed by atoms with Crippen molar-refractivity contribution in [1.82, 2.24) is 92.5 Å². The standard InChI is InChI=1S/C94H132N24O22S/c1-7-9-24-72-86(133)105-62(23-17-34-101-94(98)99)82(129)112-70(81(128)103-45-77(97)123)50-141-51-78(124)104-66(37-53-28-30-57(120)31-29-53)89(136)113(4)52(3)80(127)109-68(42-76(96)122)92(139)117-36-18-27-73(117)87(134)107-64(38-54-32-35-100-43-54)83(130)106-63(22-15-16-33-95)91(138)118-47-58(121)41-75(118)88(135)108-65(39-55-44-102-61-21-13-11-19-59(55)61)84(131)111-69(49-119)85(132)110-67(90(137)115(6)74(25-10-8-2)93(140)114(72)5)40-56-46-116(48-79(125)126)71-26-14-12-20-60(56)71/h11-14,19-21,26,28-31,35,43-44,46,52,58,62-70,72-75,102,119-121H,7-10,15-18,22-25,27,32-34,36-42,45,47-51,95H2,1-6H3,(H2,96,122)(H2,97,123)(H,103,128)(H,104,124)(H,105,133)(H,106,130)(H,107,134)(H,108,135)(H,109,127)(H,110,132)(H,111,131)(H,112,129)(H,125,126)(H4,98,99,101)/t52-,58+,62-,63-,64-,65-,66-,67-,68-,69-,70-,72-,73-,74-,75-/m0/s1. The first kappa shape index (κ1) is 111. The third kappa shape index (κ3) is 31.2. The van der Waals surface area contributed by atoms with E-state index in [1.807, 2.05) is 13.8 Å². The Kier molecular flexibility index (Phi) is 41.8. The van der Waals surface area contributed by atoms with E-state index >= 15 is 43.2 Å². The maximum atomic E-state index is 15.9. The number of carboxylic acids is 1. The Balaban J connectivity index is 1.12. The third-order valence-electron chi connectivity index (χ3n) is 25.3. The summed E-state index contributed by atoms with van der Waals surface area (Å²) in [6.45, 7) is 1.86. The molecule has 0 bridgehead atoms. The monoisotopic (exact) mass is 1980 g/mol. The maximum absolute atomic E-state index is 15.9. The SMILES string of the molecule is CCCC[C@H]1C(=O)N(C)[C@@H](CCCC)C(=O)N[C@@H](CCCNC(=N)N)C(=O)N[C@H](C(=O)NCC(N)=O)CSCC(=O)N[C@@H](Cc2ccc(O)cc2)C(=O)N(C)[C@@H](C)C(=O)N[C@@H](CC(N)=O)C(=O)N2CCC[C@H]2C(=O)N[C@@H](CC2=CN=CC2)C(=O)N[C@@H](CCCCN)C(=O)N2C[C@H](O)C[C@H]2C(=O)N[C@@H](Cc2c[nH]c3ccccc23)C(=O)N[C@@H](CO)C(=O)N[C@@H](Cc2cn(CC(=O)O)c3ccccc23)C(=O)N1C. The minimum atomic E-state index is -1.98. The van der Waals surface area contributed by atoms with Gasteiger partial charge < -0.3 is 136 Å². The predicted molar refractivity (Wildman–Crippen MR) is 518 cm³/mol. The van der Waals surface area contributed by atoms with Crippen LogP contribution >= 0.6 is 11.8 Å². The quantitative estimate of drug-likeness (QED) is 0.0120. The number of carbonyl (C=O) groups excluding carboxylic acids is 17. The molecular weight excluding hydrogens is 1850 g/mol. The largest absolute Gasteiger partial charge is 0.508 e. The lowest BCUT2D eigenvalue weighted by Gasteiger charge is -2.36. The number of guanidine groups is 1. The molecule has 25 N–H and O–H groups in total. The number of aliphatic hydroxyl groups excluding tert-OH is 2. The van der Waals surface area contributed by atoms with Gasteiger partial charge in [0.1, 0.15) is 96.9 Å². The van der Waals surface area contributed by atoms with Crippen LogP contribution in [-0.4, -0.2) is 336 Å². The molecule has 0 saturated carbocycles. The average molecular weight is 1980 g/mol. The van der Waals surface area contributed by atoms with Crippen LogP contribution in [0.15, 0.2) is 102 Å². The summed E-state index contributed by atoms with van der Waals surface area (Å²) in [5.74, 6) is -19.5. The highest BCUT2D eigenvalue weighted by molar-refractivity contribution is 8.00. The predicted octanol–water partition coefficient (Wildman–Crippen LogP) is -3.51. The highest BCUT2D eigenvalue weighted by Crippen LogP contribution is 2.29. The van der Waals surface area contributed by atoms with Crippen LogP contribution in [0.3, 0.4) is 0 Å². The second-order valence-electron chi connectivity index (χ2n) is 35.7. The molecule has 3 fully saturated rings. The number of aromatic hydroxyl groups is 1. The number of phenols is 1. The number of aliphatic hydroxyl groups is 2. The molecule has 4 aliphatic rings. The van der Waals surface area contributed by atoms with E-state index in [4.69, 9.17) is 28.3 Å². The van der Waals surface area contributed by atoms with Gasteiger partial charge in [0.15, 0.2) is 5.96 Å². The van der Waals surface area contributed by atoms with Gasteiger partial charge in [0, 0.05) is 125 Å². The number of hydrogen-bond acceptors (Lipinski definition) is 25. The number of aromatic amines is 1. The molecule has 6 heterocycles. The van der Waals surface area contributed by atoms with Gasteiger partial charge in [-0.25, -0.2) is 0 Å². The van der Waals surface area contributed by atoms with E-state index in [1.165, 1.54) is 69.3 Å². The van der Waals surface area contributed by atoms with Crippen molar-refractivity contribution >= 4 is 152 Å². The van der Waals surface area contributed by atoms with Crippen molar-refractivity contribution in [3.05, 3.63) is 114 Å². The molecule has 46 nitrogen and oxygen atoms in total. The van der Waals surface area contributed by atoms with Crippen LogP contribution in [0.5, 0.6) is 5.75 Å². The molecule has 3 aromatic carbocycles. The third-order valence-corrected chi connectivity index (χ3v) is 26.3. The first-order chi connectivity index (χ1) is 67.2. The van der Waals surface area contributed by atoms with Crippen LogP contribution in [0.1, 0.15) is 147 Å². The number of H-pyrrole nitrogens is 1. The summed E-state index contributed by atoms with van der Waals surface area (Å²) < 4.78 is 1.40. The van der Waals surface area contributed by atoms with Crippen molar-refractivity contribution in [3.63, 3.8) is 0 Å². The number of aromatic nitrogens is 2. The molecule has 3 saturated heterocycles. The van der Waals surface area contributed by atoms with E-state index in [9.17, 15) is 63.6 Å². The van der Waals surface area contributed by atoms with E-state index < -0.39 is 260 Å². The number of fused-ring (bicyclic) bond motifs is 4. The number of nitrogens with one attached hydrogen (secondary N) is 13. The molecule has 766 valence electrons. The van der Waals surface area contributed by atoms with Gasteiger partial charge in [-0.15, -0.1) is 11.8 Å². The molecule has 0 radical (unpaired) electrons. The number of aliphatic carboxylic acids is 1. The molecule has 141 heavy (non-hydrogen) atoms. The number of amides is 17. The normalized spacial score (nSPS) is 24.6. The summed E-state index contributed by atoms with van der Waals surface area (Å²) in [4.78, 5) is 277. The number of aliphatic imine (C=N–C) groups is 1. The summed E-state index contributed by atoms with van der Waals surface area (Å²) in [7, 11) is 3.80. The molecule has 47 heteroatoms. The number of unbranched alkanes of at least 4 members (excludes halogenated alkanes) is 3. The lowest BCUT2D eigenvalue weighted by Crippen LogP contribution is -2.61. The number of nitrogens with two attached hydrogens (primary N) is 4. The first-order valence-electron chi connectivity index (χ1n) is 47.2. The maximum Gasteiger partial charge on any atom is 0.323 e. The Bertz CT molecular complexity index is 5420. The first-order valence-corrected chi connectivity index (χ1v) is 48.3. The Labute approximate surface area is 818 Å². The number of hydrogen-bond donors (Lipinski definition) is 21. The number of nitrogens with zero attached hydrogens (tertiary/aromatic N) is 7. The zero-order valence-corrected chi connectivity index (χ0v) is 80.7. The van der Waals surface area contributed by atoms with E-state index in [0.29, 0.717) is 63.3 Å². The summed E-state index contributed by atoms with van der Waals surface area (Å²) >= 11 is 0.744. The summed E-state index contributed by atoms with van der Waals surface area (Å²) in [5.41, 5.74) is 25.5. The minimum absolute atomic E-state index is 0.00588. The average Bonchev–Trinajstić information content (AvgIpc) is 1.72. The second-order valence-corrected chi connectivity index (χ2v) is 36.7. The second kappa shape index (κ2) is 53.3. The van der Waals surface area contributed by atoms with Gasteiger partial charge in [0.25, 0.3) is 0 Å². The van der Waals surface area contributed by atoms with Crippen LogP contribution in [0.25, 0.3) is 21.8 Å². The zero-order chi connectivity index (χ0) is 103. The lowest BCUT2D eigenvalue weighted by atomic mass is 10.00. The van der Waals surface area contributed by atoms with Crippen LogP contribution in [0.2, 0.25) is 0 Å². The Morgan fingerprint density at radius 1 is 0.567 bits per heavy atom. The van der Waals surface area contributed by atoms with Crippen molar-refractivity contribution in [2.75, 3.05) is 72.0 Å². The number of para-hydroxylation sites is 2. The highest BCUT2D eigenvalue weighted by Gasteiger charge is 2.47. The van der Waals surface area contributed by atoms with Gasteiger partial charge in [-0.05, 0) is 124 Å². The van der Waals surface area contributed by atoms with Crippen molar-refractivity contribution < 1.29 is 107 Å². The number of likely N-dealkylation sites (N-methyl/N-ethyl adjacent to an activating group) is 3. The van der Waals surface area contributed by atoms with Crippen LogP contribution in [0.4, 0.5) is 0 Å². The zero-order valence-electron chi connectivity index (χ0n) is 79.9. The summed E-state index contributed by atoms with van der Waals surface area (Å²) in [6, 6.07) is -3.48. The van der Waals surface area contributed by atoms with Crippen LogP contribution in [0, 0.1) is 5.41 Å². The summed E-state index contributed by atoms with van der Waals surface area (Å²) in [5, 5.41) is 81.0. The number of primary amides is 2. The van der Waals surface area contributed by atoms with Gasteiger partial charge in [0.2, 0.25) is 100 Å². The molecule has 9 rings (SSSR count). The number of thioether (sulfide) groups is 1. The van der Waals surface area contributed by atoms with Gasteiger partial charge in [-0.2, -0.15) is 0 Å².